The first-order valence-electron chi connectivity index (χ1n) is 6.56. The Morgan fingerprint density at radius 3 is 2.71 bits per heavy atom. The van der Waals surface area contributed by atoms with Gasteiger partial charge in [0.05, 0.1) is 17.7 Å². The summed E-state index contributed by atoms with van der Waals surface area (Å²) in [4.78, 5) is 0. The highest BCUT2D eigenvalue weighted by atomic mass is 79.9. The van der Waals surface area contributed by atoms with Crippen molar-refractivity contribution in [1.29, 1.82) is 0 Å². The van der Waals surface area contributed by atoms with Gasteiger partial charge in [-0.15, -0.1) is 0 Å². The minimum absolute atomic E-state index is 0.177. The molecule has 0 bridgehead atoms. The Morgan fingerprint density at radius 2 is 2.00 bits per heavy atom. The van der Waals surface area contributed by atoms with Gasteiger partial charge in [0, 0.05) is 16.5 Å². The lowest BCUT2D eigenvalue weighted by Gasteiger charge is -2.30. The van der Waals surface area contributed by atoms with Crippen molar-refractivity contribution in [2.24, 2.45) is 0 Å². The molecule has 0 aliphatic carbocycles. The molecular weight excluding hydrogens is 400 g/mol. The van der Waals surface area contributed by atoms with E-state index in [1.54, 1.807) is 7.11 Å². The SMILES string of the molecule is COc1ccc(C2CC(O)c3ccc(Br)cc3O2)cc1Br. The molecule has 1 aliphatic rings. The molecule has 1 heterocycles. The Morgan fingerprint density at radius 1 is 1.19 bits per heavy atom. The Bertz CT molecular complexity index is 673. The topological polar surface area (TPSA) is 38.7 Å². The summed E-state index contributed by atoms with van der Waals surface area (Å²) in [6, 6.07) is 11.5. The van der Waals surface area contributed by atoms with E-state index in [4.69, 9.17) is 9.47 Å². The number of rotatable bonds is 2. The number of aliphatic hydroxyl groups is 1. The zero-order chi connectivity index (χ0) is 15.0. The van der Waals surface area contributed by atoms with Gasteiger partial charge in [0.25, 0.3) is 0 Å². The van der Waals surface area contributed by atoms with Gasteiger partial charge in [-0.05, 0) is 45.8 Å². The fourth-order valence-electron chi connectivity index (χ4n) is 2.50. The van der Waals surface area contributed by atoms with E-state index in [1.807, 2.05) is 36.4 Å². The van der Waals surface area contributed by atoms with Gasteiger partial charge in [-0.1, -0.05) is 28.1 Å². The van der Waals surface area contributed by atoms with E-state index in [9.17, 15) is 5.11 Å². The van der Waals surface area contributed by atoms with E-state index >= 15 is 0 Å². The molecular formula is C16H14Br2O3. The first kappa shape index (κ1) is 14.9. The molecule has 3 nitrogen and oxygen atoms in total. The molecule has 3 rings (SSSR count). The molecule has 110 valence electrons. The highest BCUT2D eigenvalue weighted by Gasteiger charge is 2.28. The average molecular weight is 414 g/mol. The number of halogens is 2. The molecule has 21 heavy (non-hydrogen) atoms. The number of hydrogen-bond acceptors (Lipinski definition) is 3. The van der Waals surface area contributed by atoms with Gasteiger partial charge in [0.2, 0.25) is 0 Å². The smallest absolute Gasteiger partial charge is 0.133 e. The zero-order valence-corrected chi connectivity index (χ0v) is 14.5. The van der Waals surface area contributed by atoms with Crippen LogP contribution in [0.3, 0.4) is 0 Å². The standard InChI is InChI=1S/C16H14Br2O3/c1-20-14-5-2-9(6-12(14)18)15-8-13(19)11-4-3-10(17)7-16(11)21-15/h2-7,13,15,19H,8H2,1H3. The van der Waals surface area contributed by atoms with Gasteiger partial charge < -0.3 is 14.6 Å². The van der Waals surface area contributed by atoms with E-state index in [1.165, 1.54) is 0 Å². The van der Waals surface area contributed by atoms with Crippen LogP contribution in [0.5, 0.6) is 11.5 Å². The quantitative estimate of drug-likeness (QED) is 0.769. The summed E-state index contributed by atoms with van der Waals surface area (Å²) in [5, 5.41) is 10.3. The summed E-state index contributed by atoms with van der Waals surface area (Å²) in [7, 11) is 1.63. The fourth-order valence-corrected chi connectivity index (χ4v) is 3.40. The van der Waals surface area contributed by atoms with Crippen molar-refractivity contribution in [2.75, 3.05) is 7.11 Å². The van der Waals surface area contributed by atoms with Crippen LogP contribution in [-0.2, 0) is 0 Å². The van der Waals surface area contributed by atoms with E-state index in [0.29, 0.717) is 6.42 Å². The zero-order valence-electron chi connectivity index (χ0n) is 11.3. The van der Waals surface area contributed by atoms with Crippen LogP contribution in [0.25, 0.3) is 0 Å². The molecule has 1 N–H and O–H groups in total. The van der Waals surface area contributed by atoms with Crippen LogP contribution in [0.1, 0.15) is 29.8 Å². The lowest BCUT2D eigenvalue weighted by molar-refractivity contribution is 0.0656. The van der Waals surface area contributed by atoms with Crippen molar-refractivity contribution in [2.45, 2.75) is 18.6 Å². The third-order valence-corrected chi connectivity index (χ3v) is 4.70. The van der Waals surface area contributed by atoms with Crippen LogP contribution in [0.2, 0.25) is 0 Å². The third-order valence-electron chi connectivity index (χ3n) is 3.59. The van der Waals surface area contributed by atoms with Crippen LogP contribution in [0.15, 0.2) is 45.3 Å². The molecule has 0 amide bonds. The van der Waals surface area contributed by atoms with E-state index < -0.39 is 6.10 Å². The van der Waals surface area contributed by atoms with Gasteiger partial charge in [-0.2, -0.15) is 0 Å². The largest absolute Gasteiger partial charge is 0.496 e. The molecule has 0 aromatic heterocycles. The first-order chi connectivity index (χ1) is 10.1. The van der Waals surface area contributed by atoms with Gasteiger partial charge in [0.1, 0.15) is 17.6 Å². The van der Waals surface area contributed by atoms with Gasteiger partial charge in [-0.25, -0.2) is 0 Å². The van der Waals surface area contributed by atoms with Gasteiger partial charge in [0.15, 0.2) is 0 Å². The molecule has 0 saturated carbocycles. The van der Waals surface area contributed by atoms with Gasteiger partial charge in [-0.3, -0.25) is 0 Å². The fraction of sp³-hybridized carbons (Fsp3) is 0.250. The van der Waals surface area contributed by atoms with E-state index in [0.717, 1.165) is 31.6 Å². The second-order valence-corrected chi connectivity index (χ2v) is 6.70. The molecule has 0 fully saturated rings. The maximum Gasteiger partial charge on any atom is 0.133 e. The van der Waals surface area contributed by atoms with Gasteiger partial charge >= 0.3 is 0 Å². The summed E-state index contributed by atoms with van der Waals surface area (Å²) in [5.41, 5.74) is 1.84. The minimum atomic E-state index is -0.521. The van der Waals surface area contributed by atoms with Crippen LogP contribution >= 0.6 is 31.9 Å². The van der Waals surface area contributed by atoms with Crippen molar-refractivity contribution in [3.8, 4) is 11.5 Å². The normalized spacial score (nSPS) is 20.6. The van der Waals surface area contributed by atoms with Crippen LogP contribution in [0.4, 0.5) is 0 Å². The lowest BCUT2D eigenvalue weighted by atomic mass is 9.95. The van der Waals surface area contributed by atoms with Crippen molar-refractivity contribution in [3.05, 3.63) is 56.5 Å². The predicted molar refractivity (Wildman–Crippen MR) is 87.8 cm³/mol. The maximum absolute atomic E-state index is 10.3. The summed E-state index contributed by atoms with van der Waals surface area (Å²) in [6.45, 7) is 0. The third kappa shape index (κ3) is 2.96. The predicted octanol–water partition coefficient (Wildman–Crippen LogP) is 4.78. The highest BCUT2D eigenvalue weighted by Crippen LogP contribution is 2.42. The Hall–Kier alpha value is -1.04. The van der Waals surface area contributed by atoms with Crippen LogP contribution < -0.4 is 9.47 Å². The molecule has 0 radical (unpaired) electrons. The molecule has 0 saturated heterocycles. The van der Waals surface area contributed by atoms with Crippen LogP contribution in [-0.4, -0.2) is 12.2 Å². The first-order valence-corrected chi connectivity index (χ1v) is 8.14. The number of fused-ring (bicyclic) bond motifs is 1. The monoisotopic (exact) mass is 412 g/mol. The number of ether oxygens (including phenoxy) is 2. The van der Waals surface area contributed by atoms with Crippen molar-refractivity contribution < 1.29 is 14.6 Å². The molecule has 2 aromatic carbocycles. The number of aliphatic hydroxyl groups excluding tert-OH is 1. The maximum atomic E-state index is 10.3. The summed E-state index contributed by atoms with van der Waals surface area (Å²) >= 11 is 6.91. The lowest BCUT2D eigenvalue weighted by Crippen LogP contribution is -2.19. The number of methoxy groups -OCH3 is 1. The minimum Gasteiger partial charge on any atom is -0.496 e. The van der Waals surface area contributed by atoms with Crippen LogP contribution in [0, 0.1) is 0 Å². The molecule has 2 aromatic rings. The summed E-state index contributed by atoms with van der Waals surface area (Å²) in [5.74, 6) is 1.50. The molecule has 2 atom stereocenters. The summed E-state index contributed by atoms with van der Waals surface area (Å²) < 4.78 is 13.1. The Balaban J connectivity index is 1.93. The molecule has 1 aliphatic heterocycles. The Labute approximate surface area is 140 Å². The van der Waals surface area contributed by atoms with Crippen molar-refractivity contribution in [1.82, 2.24) is 0 Å². The van der Waals surface area contributed by atoms with E-state index in [2.05, 4.69) is 31.9 Å². The summed E-state index contributed by atoms with van der Waals surface area (Å²) in [6.07, 6.45) is -0.162. The second-order valence-electron chi connectivity index (χ2n) is 4.93. The van der Waals surface area contributed by atoms with Crippen molar-refractivity contribution in [3.63, 3.8) is 0 Å². The van der Waals surface area contributed by atoms with E-state index in [-0.39, 0.29) is 6.10 Å². The second kappa shape index (κ2) is 5.99. The highest BCUT2D eigenvalue weighted by molar-refractivity contribution is 9.10. The average Bonchev–Trinajstić information content (AvgIpc) is 2.46. The molecule has 2 unspecified atom stereocenters. The Kier molecular flexibility index (Phi) is 4.24. The number of benzene rings is 2. The molecule has 5 heteroatoms. The van der Waals surface area contributed by atoms with Crippen molar-refractivity contribution >= 4 is 31.9 Å². The number of hydrogen-bond donors (Lipinski definition) is 1. The molecule has 0 spiro atoms.